The highest BCUT2D eigenvalue weighted by molar-refractivity contribution is 5.98. The number of benzene rings is 9. The molecule has 1 heteroatoms. The molecule has 0 saturated heterocycles. The third kappa shape index (κ3) is 5.81. The van der Waals surface area contributed by atoms with Gasteiger partial charge in [0.05, 0.1) is 11.4 Å². The van der Waals surface area contributed by atoms with Crippen LogP contribution in [0.25, 0.3) is 66.4 Å². The molecule has 0 heterocycles. The fourth-order valence-electron chi connectivity index (χ4n) is 8.77. The summed E-state index contributed by atoms with van der Waals surface area (Å²) in [5, 5.41) is 2.52. The molecule has 1 aliphatic rings. The van der Waals surface area contributed by atoms with E-state index in [0.29, 0.717) is 0 Å². The lowest BCUT2D eigenvalue weighted by molar-refractivity contribution is 0.660. The summed E-state index contributed by atoms with van der Waals surface area (Å²) < 4.78 is 0. The summed E-state index contributed by atoms with van der Waals surface area (Å²) in [5.41, 5.74) is 18.3. The number of para-hydroxylation sites is 1. The average molecular weight is 716 g/mol. The summed E-state index contributed by atoms with van der Waals surface area (Å²) in [4.78, 5) is 2.48. The van der Waals surface area contributed by atoms with Gasteiger partial charge in [-0.05, 0) is 103 Å². The molecule has 0 N–H and O–H groups in total. The van der Waals surface area contributed by atoms with E-state index >= 15 is 0 Å². The lowest BCUT2D eigenvalue weighted by atomic mass is 9.82. The van der Waals surface area contributed by atoms with Crippen molar-refractivity contribution in [3.05, 3.63) is 223 Å². The van der Waals surface area contributed by atoms with Gasteiger partial charge in [-0.3, -0.25) is 0 Å². The first-order chi connectivity index (χ1) is 27.5. The summed E-state index contributed by atoms with van der Waals surface area (Å²) in [6.07, 6.45) is 0. The minimum Gasteiger partial charge on any atom is -0.309 e. The Morgan fingerprint density at radius 1 is 0.321 bits per heavy atom. The zero-order valence-electron chi connectivity index (χ0n) is 31.7. The number of anilines is 3. The van der Waals surface area contributed by atoms with Gasteiger partial charge in [0.1, 0.15) is 0 Å². The van der Waals surface area contributed by atoms with Crippen LogP contribution in [0, 0.1) is 0 Å². The predicted octanol–water partition coefficient (Wildman–Crippen LogP) is 15.3. The Kier molecular flexibility index (Phi) is 8.23. The summed E-state index contributed by atoms with van der Waals surface area (Å²) in [7, 11) is 0. The second-order valence-electron chi connectivity index (χ2n) is 15.4. The summed E-state index contributed by atoms with van der Waals surface area (Å²) in [6, 6.07) is 77.6. The van der Waals surface area contributed by atoms with Crippen molar-refractivity contribution in [1.29, 1.82) is 0 Å². The van der Waals surface area contributed by atoms with Crippen LogP contribution < -0.4 is 4.90 Å². The smallest absolute Gasteiger partial charge is 0.0543 e. The third-order valence-electron chi connectivity index (χ3n) is 11.7. The van der Waals surface area contributed by atoms with Crippen LogP contribution in [0.15, 0.2) is 212 Å². The van der Waals surface area contributed by atoms with E-state index in [2.05, 4.69) is 231 Å². The molecular weight excluding hydrogens is 675 g/mol. The molecule has 0 saturated carbocycles. The van der Waals surface area contributed by atoms with Crippen LogP contribution >= 0.6 is 0 Å². The zero-order valence-corrected chi connectivity index (χ0v) is 31.7. The molecule has 9 aromatic rings. The number of hydrogen-bond acceptors (Lipinski definition) is 1. The Morgan fingerprint density at radius 3 is 1.61 bits per heavy atom. The molecule has 0 bridgehead atoms. The minimum absolute atomic E-state index is 0.111. The summed E-state index contributed by atoms with van der Waals surface area (Å²) >= 11 is 0. The van der Waals surface area contributed by atoms with Crippen LogP contribution in [0.3, 0.4) is 0 Å². The standard InChI is InChI=1S/C55H41N/c1-55(2)50-22-10-8-21-49(50)54-51(55)23-13-25-53(54)56(52-24-11-9-20-48(52)46-19-12-18-44(37-46)38-14-4-3-5-15-38)47-34-32-41(33-35-47)40-26-28-42(29-27-40)45-31-30-39-16-6-7-17-43(39)36-45/h3-37H,1-2H3. The number of rotatable bonds is 7. The molecule has 56 heavy (non-hydrogen) atoms. The Balaban J connectivity index is 1.09. The quantitative estimate of drug-likeness (QED) is 0.159. The maximum absolute atomic E-state index is 2.48. The molecule has 266 valence electrons. The maximum Gasteiger partial charge on any atom is 0.0543 e. The first kappa shape index (κ1) is 33.6. The van der Waals surface area contributed by atoms with Crippen molar-refractivity contribution in [2.24, 2.45) is 0 Å². The van der Waals surface area contributed by atoms with Crippen molar-refractivity contribution in [3.8, 4) is 55.6 Å². The second kappa shape index (κ2) is 13.7. The van der Waals surface area contributed by atoms with E-state index < -0.39 is 0 Å². The van der Waals surface area contributed by atoms with Gasteiger partial charge in [-0.2, -0.15) is 0 Å². The van der Waals surface area contributed by atoms with Gasteiger partial charge in [0.25, 0.3) is 0 Å². The molecule has 1 nitrogen and oxygen atoms in total. The van der Waals surface area contributed by atoms with Gasteiger partial charge in [0.15, 0.2) is 0 Å². The molecule has 0 unspecified atom stereocenters. The van der Waals surface area contributed by atoms with E-state index in [-0.39, 0.29) is 5.41 Å². The first-order valence-electron chi connectivity index (χ1n) is 19.5. The largest absolute Gasteiger partial charge is 0.309 e. The van der Waals surface area contributed by atoms with Crippen molar-refractivity contribution in [3.63, 3.8) is 0 Å². The first-order valence-corrected chi connectivity index (χ1v) is 19.5. The SMILES string of the molecule is CC1(C)c2ccccc2-c2c(N(c3ccc(-c4ccc(-c5ccc6ccccc6c5)cc4)cc3)c3ccccc3-c3cccc(-c4ccccc4)c3)cccc21. The van der Waals surface area contributed by atoms with Crippen molar-refractivity contribution in [2.45, 2.75) is 19.3 Å². The Hall–Kier alpha value is -6.96. The van der Waals surface area contributed by atoms with Crippen LogP contribution in [0.1, 0.15) is 25.0 Å². The van der Waals surface area contributed by atoms with Crippen molar-refractivity contribution < 1.29 is 0 Å². The van der Waals surface area contributed by atoms with Crippen LogP contribution in [-0.4, -0.2) is 0 Å². The molecule has 10 rings (SSSR count). The fourth-order valence-corrected chi connectivity index (χ4v) is 8.77. The summed E-state index contributed by atoms with van der Waals surface area (Å²) in [5.74, 6) is 0. The van der Waals surface area contributed by atoms with Gasteiger partial charge < -0.3 is 4.90 Å². The van der Waals surface area contributed by atoms with Gasteiger partial charge in [0, 0.05) is 22.2 Å². The molecule has 0 aromatic heterocycles. The minimum atomic E-state index is -0.111. The topological polar surface area (TPSA) is 3.24 Å². The van der Waals surface area contributed by atoms with Gasteiger partial charge >= 0.3 is 0 Å². The molecule has 0 fully saturated rings. The molecule has 0 atom stereocenters. The molecule has 0 radical (unpaired) electrons. The molecule has 0 aliphatic heterocycles. The lowest BCUT2D eigenvalue weighted by Crippen LogP contribution is -2.16. The van der Waals surface area contributed by atoms with Crippen molar-refractivity contribution in [1.82, 2.24) is 0 Å². The summed E-state index contributed by atoms with van der Waals surface area (Å²) in [6.45, 7) is 4.71. The molecule has 0 spiro atoms. The third-order valence-corrected chi connectivity index (χ3v) is 11.7. The maximum atomic E-state index is 2.48. The number of nitrogens with zero attached hydrogens (tertiary/aromatic N) is 1. The van der Waals surface area contributed by atoms with E-state index in [9.17, 15) is 0 Å². The van der Waals surface area contributed by atoms with Gasteiger partial charge in [0.2, 0.25) is 0 Å². The van der Waals surface area contributed by atoms with Gasteiger partial charge in [-0.15, -0.1) is 0 Å². The average Bonchev–Trinajstić information content (AvgIpc) is 3.51. The second-order valence-corrected chi connectivity index (χ2v) is 15.4. The van der Waals surface area contributed by atoms with E-state index in [1.165, 1.54) is 83.2 Å². The highest BCUT2D eigenvalue weighted by Gasteiger charge is 2.37. The van der Waals surface area contributed by atoms with E-state index in [4.69, 9.17) is 0 Å². The van der Waals surface area contributed by atoms with Crippen LogP contribution in [-0.2, 0) is 5.41 Å². The van der Waals surface area contributed by atoms with Crippen LogP contribution in [0.5, 0.6) is 0 Å². The number of fused-ring (bicyclic) bond motifs is 4. The Morgan fingerprint density at radius 2 is 0.821 bits per heavy atom. The van der Waals surface area contributed by atoms with Crippen molar-refractivity contribution in [2.75, 3.05) is 4.90 Å². The molecule has 0 amide bonds. The molecule has 1 aliphatic carbocycles. The zero-order chi connectivity index (χ0) is 37.6. The van der Waals surface area contributed by atoms with Crippen molar-refractivity contribution >= 4 is 27.8 Å². The number of hydrogen-bond donors (Lipinski definition) is 0. The lowest BCUT2D eigenvalue weighted by Gasteiger charge is -2.30. The van der Waals surface area contributed by atoms with Gasteiger partial charge in [-0.1, -0.05) is 190 Å². The van der Waals surface area contributed by atoms with Crippen LogP contribution in [0.2, 0.25) is 0 Å². The molecular formula is C55H41N. The van der Waals surface area contributed by atoms with Crippen LogP contribution in [0.4, 0.5) is 17.1 Å². The highest BCUT2D eigenvalue weighted by atomic mass is 15.1. The normalized spacial score (nSPS) is 12.6. The monoisotopic (exact) mass is 715 g/mol. The molecule has 9 aromatic carbocycles. The fraction of sp³-hybridized carbons (Fsp3) is 0.0545. The van der Waals surface area contributed by atoms with E-state index in [1.807, 2.05) is 0 Å². The van der Waals surface area contributed by atoms with E-state index in [1.54, 1.807) is 0 Å². The highest BCUT2D eigenvalue weighted by Crippen LogP contribution is 2.55. The van der Waals surface area contributed by atoms with E-state index in [0.717, 1.165) is 11.4 Å². The Labute approximate surface area is 329 Å². The van der Waals surface area contributed by atoms with Gasteiger partial charge in [-0.25, -0.2) is 0 Å². The Bertz CT molecular complexity index is 2860. The predicted molar refractivity (Wildman–Crippen MR) is 238 cm³/mol.